The molecule has 0 saturated heterocycles. The van der Waals surface area contributed by atoms with Gasteiger partial charge in [-0.3, -0.25) is 10.1 Å². The van der Waals surface area contributed by atoms with Gasteiger partial charge in [-0.25, -0.2) is 9.59 Å². The van der Waals surface area contributed by atoms with Crippen LogP contribution in [-0.2, 0) is 9.53 Å². The van der Waals surface area contributed by atoms with E-state index in [0.29, 0.717) is 23.5 Å². The van der Waals surface area contributed by atoms with E-state index in [-0.39, 0.29) is 11.3 Å². The minimum atomic E-state index is -1.06. The number of ether oxygens (including phenoxy) is 1. The topological polar surface area (TPSA) is 135 Å². The number of furan rings is 1. The van der Waals surface area contributed by atoms with Gasteiger partial charge in [0.25, 0.3) is 5.91 Å². The zero-order valence-electron chi connectivity index (χ0n) is 13.8. The molecular weight excluding hydrogens is 338 g/mol. The third-order valence-electron chi connectivity index (χ3n) is 3.20. The molecule has 0 aliphatic rings. The van der Waals surface area contributed by atoms with E-state index in [1.165, 1.54) is 6.08 Å². The van der Waals surface area contributed by atoms with Crippen LogP contribution in [0.2, 0.25) is 0 Å². The first-order valence-electron chi connectivity index (χ1n) is 7.54. The Bertz CT molecular complexity index is 904. The van der Waals surface area contributed by atoms with Crippen LogP contribution in [0, 0.1) is 11.3 Å². The predicted octanol–water partition coefficient (Wildman–Crippen LogP) is 2.23. The maximum atomic E-state index is 11.6. The van der Waals surface area contributed by atoms with Crippen LogP contribution < -0.4 is 11.1 Å². The second-order valence-electron chi connectivity index (χ2n) is 4.99. The van der Waals surface area contributed by atoms with E-state index >= 15 is 0 Å². The maximum absolute atomic E-state index is 11.6. The second-order valence-corrected chi connectivity index (χ2v) is 4.99. The zero-order chi connectivity index (χ0) is 19.1. The number of imide groups is 1. The fraction of sp³-hybridized carbons (Fsp3) is 0.111. The van der Waals surface area contributed by atoms with Crippen LogP contribution in [0.1, 0.15) is 23.0 Å². The molecule has 0 radical (unpaired) electrons. The summed E-state index contributed by atoms with van der Waals surface area (Å²) in [4.78, 5) is 34.0. The molecule has 0 fully saturated rings. The van der Waals surface area contributed by atoms with E-state index in [4.69, 9.17) is 20.1 Å². The van der Waals surface area contributed by atoms with Gasteiger partial charge in [-0.15, -0.1) is 0 Å². The summed E-state index contributed by atoms with van der Waals surface area (Å²) in [5, 5.41) is 10.8. The van der Waals surface area contributed by atoms with Crippen LogP contribution in [-0.4, -0.2) is 24.5 Å². The lowest BCUT2D eigenvalue weighted by molar-refractivity contribution is -0.116. The molecule has 8 nitrogen and oxygen atoms in total. The van der Waals surface area contributed by atoms with Crippen molar-refractivity contribution in [2.24, 2.45) is 5.73 Å². The van der Waals surface area contributed by atoms with Gasteiger partial charge in [0.15, 0.2) is 0 Å². The lowest BCUT2D eigenvalue weighted by atomic mass is 10.1. The maximum Gasteiger partial charge on any atom is 0.338 e. The number of carbonyl (C=O) groups is 3. The van der Waals surface area contributed by atoms with Crippen LogP contribution >= 0.6 is 0 Å². The van der Waals surface area contributed by atoms with Gasteiger partial charge in [0.2, 0.25) is 0 Å². The van der Waals surface area contributed by atoms with Crippen molar-refractivity contribution in [2.45, 2.75) is 6.92 Å². The largest absolute Gasteiger partial charge is 0.462 e. The molecule has 0 aliphatic carbocycles. The number of amides is 3. The summed E-state index contributed by atoms with van der Waals surface area (Å²) < 4.78 is 10.5. The van der Waals surface area contributed by atoms with Crippen LogP contribution in [0.5, 0.6) is 0 Å². The molecule has 132 valence electrons. The van der Waals surface area contributed by atoms with Gasteiger partial charge >= 0.3 is 12.0 Å². The fourth-order valence-electron chi connectivity index (χ4n) is 2.04. The van der Waals surface area contributed by atoms with Crippen LogP contribution in [0.25, 0.3) is 17.4 Å². The number of nitrogens with two attached hydrogens (primary N) is 1. The second kappa shape index (κ2) is 8.30. The molecule has 0 unspecified atom stereocenters. The molecule has 0 aliphatic heterocycles. The van der Waals surface area contributed by atoms with Crippen molar-refractivity contribution in [3.8, 4) is 17.4 Å². The van der Waals surface area contributed by atoms with Crippen molar-refractivity contribution in [3.63, 3.8) is 0 Å². The van der Waals surface area contributed by atoms with Gasteiger partial charge in [0, 0.05) is 11.6 Å². The highest BCUT2D eigenvalue weighted by Gasteiger charge is 2.13. The Hall–Kier alpha value is -3.86. The summed E-state index contributed by atoms with van der Waals surface area (Å²) in [5.74, 6) is -0.622. The molecule has 3 amide bonds. The summed E-state index contributed by atoms with van der Waals surface area (Å²) in [5.41, 5.74) is 5.62. The van der Waals surface area contributed by atoms with Gasteiger partial charge in [-0.05, 0) is 31.2 Å². The van der Waals surface area contributed by atoms with Gasteiger partial charge in [0.1, 0.15) is 23.2 Å². The highest BCUT2D eigenvalue weighted by Crippen LogP contribution is 2.24. The molecular formula is C18H15N3O5. The smallest absolute Gasteiger partial charge is 0.338 e. The molecule has 2 rings (SSSR count). The summed E-state index contributed by atoms with van der Waals surface area (Å²) >= 11 is 0. The predicted molar refractivity (Wildman–Crippen MR) is 91.4 cm³/mol. The summed E-state index contributed by atoms with van der Waals surface area (Å²) in [6, 6.07) is 10.4. The van der Waals surface area contributed by atoms with E-state index in [0.717, 1.165) is 0 Å². The molecule has 0 spiro atoms. The van der Waals surface area contributed by atoms with E-state index < -0.39 is 17.9 Å². The van der Waals surface area contributed by atoms with Crippen molar-refractivity contribution in [1.29, 1.82) is 5.26 Å². The monoisotopic (exact) mass is 353 g/mol. The average molecular weight is 353 g/mol. The third kappa shape index (κ3) is 4.58. The molecule has 0 atom stereocenters. The first kappa shape index (κ1) is 18.5. The highest BCUT2D eigenvalue weighted by atomic mass is 16.5. The number of nitrogens with one attached hydrogen (secondary N) is 1. The molecule has 2 aromatic rings. The van der Waals surface area contributed by atoms with Gasteiger partial charge < -0.3 is 14.9 Å². The van der Waals surface area contributed by atoms with E-state index in [1.54, 1.807) is 54.7 Å². The normalized spacial score (nSPS) is 10.7. The molecule has 3 N–H and O–H groups in total. The Morgan fingerprint density at radius 3 is 2.50 bits per heavy atom. The van der Waals surface area contributed by atoms with Crippen molar-refractivity contribution >= 4 is 24.0 Å². The molecule has 0 bridgehead atoms. The highest BCUT2D eigenvalue weighted by molar-refractivity contribution is 6.08. The number of benzene rings is 1. The lowest BCUT2D eigenvalue weighted by Crippen LogP contribution is -2.35. The van der Waals surface area contributed by atoms with Gasteiger partial charge in [-0.2, -0.15) is 5.26 Å². The minimum absolute atomic E-state index is 0.241. The quantitative estimate of drug-likeness (QED) is 0.480. The minimum Gasteiger partial charge on any atom is -0.462 e. The first-order valence-corrected chi connectivity index (χ1v) is 7.54. The number of nitrogens with zero attached hydrogens (tertiary/aromatic N) is 1. The molecule has 1 aromatic heterocycles. The van der Waals surface area contributed by atoms with Gasteiger partial charge in [0.05, 0.1) is 12.2 Å². The van der Waals surface area contributed by atoms with Crippen molar-refractivity contribution in [1.82, 2.24) is 5.32 Å². The summed E-state index contributed by atoms with van der Waals surface area (Å²) in [6.07, 6.45) is 1.19. The van der Waals surface area contributed by atoms with Crippen LogP contribution in [0.4, 0.5) is 4.79 Å². The van der Waals surface area contributed by atoms with E-state index in [1.807, 2.05) is 0 Å². The number of rotatable bonds is 5. The summed E-state index contributed by atoms with van der Waals surface area (Å²) in [7, 11) is 0. The van der Waals surface area contributed by atoms with Gasteiger partial charge in [-0.1, -0.05) is 12.1 Å². The van der Waals surface area contributed by atoms with E-state index in [9.17, 15) is 14.4 Å². The lowest BCUT2D eigenvalue weighted by Gasteiger charge is -2.02. The molecule has 0 saturated carbocycles. The number of hydrogen-bond acceptors (Lipinski definition) is 6. The van der Waals surface area contributed by atoms with Crippen molar-refractivity contribution < 1.29 is 23.5 Å². The molecule has 1 aromatic carbocycles. The fourth-order valence-corrected chi connectivity index (χ4v) is 2.04. The molecule has 26 heavy (non-hydrogen) atoms. The average Bonchev–Trinajstić information content (AvgIpc) is 3.08. The Balaban J connectivity index is 2.20. The number of esters is 1. The Morgan fingerprint density at radius 1 is 1.23 bits per heavy atom. The number of hydrogen-bond donors (Lipinski definition) is 2. The number of primary amides is 1. The first-order chi connectivity index (χ1) is 12.4. The molecule has 8 heteroatoms. The van der Waals surface area contributed by atoms with Crippen molar-refractivity contribution in [3.05, 3.63) is 53.3 Å². The Kier molecular flexibility index (Phi) is 5.90. The van der Waals surface area contributed by atoms with Crippen LogP contribution in [0.3, 0.4) is 0 Å². The molecule has 1 heterocycles. The zero-order valence-corrected chi connectivity index (χ0v) is 13.8. The Morgan fingerprint density at radius 2 is 1.92 bits per heavy atom. The summed E-state index contributed by atoms with van der Waals surface area (Å²) in [6.45, 7) is 2.02. The number of carbonyl (C=O) groups excluding carboxylic acids is 3. The number of nitriles is 1. The van der Waals surface area contributed by atoms with E-state index in [2.05, 4.69) is 0 Å². The van der Waals surface area contributed by atoms with Crippen molar-refractivity contribution in [2.75, 3.05) is 6.61 Å². The standard InChI is InChI=1S/C18H15N3O5/c1-2-25-17(23)12-5-3-11(4-6-12)15-8-7-14(26-15)9-13(10-19)16(22)21-18(20)24/h3-9H,2H2,1H3,(H3,20,21,22,24)/b13-9-. The van der Waals surface area contributed by atoms with Crippen LogP contribution in [0.15, 0.2) is 46.4 Å². The third-order valence-corrected chi connectivity index (χ3v) is 3.20. The Labute approximate surface area is 148 Å². The SMILES string of the molecule is CCOC(=O)c1ccc(-c2ccc(/C=C(/C#N)C(=O)NC(N)=O)o2)cc1. The number of urea groups is 1.